The van der Waals surface area contributed by atoms with Crippen LogP contribution in [0.5, 0.6) is 5.75 Å². The average Bonchev–Trinajstić information content (AvgIpc) is 2.67. The molecule has 2 aromatic rings. The van der Waals surface area contributed by atoms with Crippen LogP contribution < -0.4 is 4.74 Å². The molecule has 0 spiro atoms. The summed E-state index contributed by atoms with van der Waals surface area (Å²) in [5, 5.41) is 0. The summed E-state index contributed by atoms with van der Waals surface area (Å²) in [5.41, 5.74) is 0.724. The molecule has 0 saturated carbocycles. The Morgan fingerprint density at radius 1 is 0.964 bits per heavy atom. The van der Waals surface area contributed by atoms with Crippen molar-refractivity contribution in [3.05, 3.63) is 65.2 Å². The third-order valence-electron chi connectivity index (χ3n) is 4.37. The number of hydrogen-bond donors (Lipinski definition) is 0. The summed E-state index contributed by atoms with van der Waals surface area (Å²) in [5.74, 6) is -0.0683. The number of unbranched alkanes of at least 4 members (excludes halogenated alkanes) is 1. The van der Waals surface area contributed by atoms with Crippen LogP contribution in [0.4, 0.5) is 13.2 Å². The average molecular weight is 394 g/mol. The van der Waals surface area contributed by atoms with Gasteiger partial charge in [-0.3, -0.25) is 4.79 Å². The van der Waals surface area contributed by atoms with Crippen LogP contribution in [0.15, 0.2) is 48.5 Å². The Balaban J connectivity index is 2.25. The fourth-order valence-corrected chi connectivity index (χ4v) is 2.85. The normalized spacial score (nSPS) is 12.5. The quantitative estimate of drug-likeness (QED) is 0.388. The van der Waals surface area contributed by atoms with Gasteiger partial charge in [0.2, 0.25) is 0 Å². The molecule has 3 nitrogen and oxygen atoms in total. The molecule has 28 heavy (non-hydrogen) atoms. The molecule has 0 N–H and O–H groups in total. The Bertz CT molecular complexity index is 737. The lowest BCUT2D eigenvalue weighted by Gasteiger charge is -2.19. The number of ether oxygens (including phenoxy) is 2. The number of esters is 1. The van der Waals surface area contributed by atoms with Gasteiger partial charge in [-0.15, -0.1) is 0 Å². The monoisotopic (exact) mass is 394 g/mol. The first-order valence-corrected chi connectivity index (χ1v) is 9.40. The topological polar surface area (TPSA) is 35.5 Å². The molecular formula is C22H25F3O3. The molecule has 0 fully saturated rings. The summed E-state index contributed by atoms with van der Waals surface area (Å²) in [4.78, 5) is 12.0. The van der Waals surface area contributed by atoms with Crippen molar-refractivity contribution in [2.75, 3.05) is 13.2 Å². The largest absolute Gasteiger partial charge is 0.494 e. The van der Waals surface area contributed by atoms with Crippen molar-refractivity contribution in [1.82, 2.24) is 0 Å². The van der Waals surface area contributed by atoms with E-state index in [4.69, 9.17) is 9.47 Å². The molecule has 0 saturated heterocycles. The lowest BCUT2D eigenvalue weighted by molar-refractivity contribution is -0.143. The molecule has 2 rings (SSSR count). The highest BCUT2D eigenvalue weighted by molar-refractivity contribution is 5.71. The highest BCUT2D eigenvalue weighted by atomic mass is 19.4. The van der Waals surface area contributed by atoms with Gasteiger partial charge in [0.15, 0.2) is 0 Å². The Hall–Kier alpha value is -2.50. The van der Waals surface area contributed by atoms with Crippen LogP contribution >= 0.6 is 0 Å². The lowest BCUT2D eigenvalue weighted by Crippen LogP contribution is -2.12. The highest BCUT2D eigenvalue weighted by Crippen LogP contribution is 2.33. The molecule has 1 unspecified atom stereocenters. The summed E-state index contributed by atoms with van der Waals surface area (Å²) in [7, 11) is 0. The van der Waals surface area contributed by atoms with Crippen molar-refractivity contribution in [3.63, 3.8) is 0 Å². The van der Waals surface area contributed by atoms with Crippen molar-refractivity contribution >= 4 is 5.97 Å². The van der Waals surface area contributed by atoms with Crippen LogP contribution in [0.1, 0.15) is 55.7 Å². The Labute approximate surface area is 163 Å². The number of alkyl halides is 3. The second-order valence-corrected chi connectivity index (χ2v) is 6.45. The first-order chi connectivity index (χ1) is 13.3. The van der Waals surface area contributed by atoms with Crippen LogP contribution in [0.2, 0.25) is 0 Å². The van der Waals surface area contributed by atoms with E-state index >= 15 is 0 Å². The van der Waals surface area contributed by atoms with Crippen molar-refractivity contribution in [2.24, 2.45) is 0 Å². The maximum atomic E-state index is 12.8. The Kier molecular flexibility index (Phi) is 7.91. The van der Waals surface area contributed by atoms with E-state index in [1.54, 1.807) is 6.92 Å². The van der Waals surface area contributed by atoms with Gasteiger partial charge in [0.1, 0.15) is 5.75 Å². The molecule has 0 radical (unpaired) electrons. The Morgan fingerprint density at radius 3 is 2.04 bits per heavy atom. The van der Waals surface area contributed by atoms with Crippen LogP contribution in [-0.2, 0) is 15.7 Å². The SMILES string of the molecule is CCCCOc1ccc(C(CC(=O)OCC)c2ccc(C(F)(F)F)cc2)cc1. The fourth-order valence-electron chi connectivity index (χ4n) is 2.85. The zero-order valence-electron chi connectivity index (χ0n) is 16.1. The molecule has 1 atom stereocenters. The van der Waals surface area contributed by atoms with E-state index < -0.39 is 23.6 Å². The molecule has 0 aromatic heterocycles. The third-order valence-corrected chi connectivity index (χ3v) is 4.37. The molecule has 0 heterocycles. The zero-order chi connectivity index (χ0) is 20.6. The predicted molar refractivity (Wildman–Crippen MR) is 101 cm³/mol. The van der Waals surface area contributed by atoms with Gasteiger partial charge in [-0.25, -0.2) is 0 Å². The van der Waals surface area contributed by atoms with E-state index in [1.807, 2.05) is 24.3 Å². The van der Waals surface area contributed by atoms with E-state index in [0.29, 0.717) is 12.2 Å². The van der Waals surface area contributed by atoms with E-state index in [0.717, 1.165) is 36.3 Å². The van der Waals surface area contributed by atoms with Crippen molar-refractivity contribution in [1.29, 1.82) is 0 Å². The van der Waals surface area contributed by atoms with Gasteiger partial charge < -0.3 is 9.47 Å². The predicted octanol–water partition coefficient (Wildman–Crippen LogP) is 5.97. The molecule has 0 aliphatic heterocycles. The molecular weight excluding hydrogens is 369 g/mol. The van der Waals surface area contributed by atoms with Crippen LogP contribution in [0.3, 0.4) is 0 Å². The fraction of sp³-hybridized carbons (Fsp3) is 0.409. The first-order valence-electron chi connectivity index (χ1n) is 9.40. The van der Waals surface area contributed by atoms with Crippen LogP contribution in [-0.4, -0.2) is 19.2 Å². The number of carbonyl (C=O) groups is 1. The summed E-state index contributed by atoms with van der Waals surface area (Å²) in [6.07, 6.45) is -2.35. The van der Waals surface area contributed by atoms with Gasteiger partial charge in [-0.2, -0.15) is 13.2 Å². The molecule has 6 heteroatoms. The van der Waals surface area contributed by atoms with E-state index in [2.05, 4.69) is 6.92 Å². The zero-order valence-corrected chi connectivity index (χ0v) is 16.1. The van der Waals surface area contributed by atoms with Crippen molar-refractivity contribution in [3.8, 4) is 5.75 Å². The van der Waals surface area contributed by atoms with Crippen LogP contribution in [0.25, 0.3) is 0 Å². The minimum atomic E-state index is -4.40. The van der Waals surface area contributed by atoms with Crippen molar-refractivity contribution in [2.45, 2.75) is 45.2 Å². The maximum absolute atomic E-state index is 12.8. The van der Waals surface area contributed by atoms with Gasteiger partial charge in [0, 0.05) is 5.92 Å². The summed E-state index contributed by atoms with van der Waals surface area (Å²) >= 11 is 0. The summed E-state index contributed by atoms with van der Waals surface area (Å²) < 4.78 is 49.2. The third kappa shape index (κ3) is 6.29. The second kappa shape index (κ2) is 10.2. The molecule has 152 valence electrons. The van der Waals surface area contributed by atoms with E-state index in [1.165, 1.54) is 12.1 Å². The molecule has 0 amide bonds. The Morgan fingerprint density at radius 2 is 1.54 bits per heavy atom. The number of carbonyl (C=O) groups excluding carboxylic acids is 1. The van der Waals surface area contributed by atoms with E-state index in [-0.39, 0.29) is 13.0 Å². The molecule has 0 bridgehead atoms. The number of rotatable bonds is 9. The maximum Gasteiger partial charge on any atom is 0.416 e. The molecule has 0 aliphatic carbocycles. The first kappa shape index (κ1) is 21.8. The molecule has 0 aliphatic rings. The summed E-state index contributed by atoms with van der Waals surface area (Å²) in [6, 6.07) is 12.2. The number of halogens is 3. The lowest BCUT2D eigenvalue weighted by atomic mass is 9.88. The van der Waals surface area contributed by atoms with Gasteiger partial charge >= 0.3 is 12.1 Å². The van der Waals surface area contributed by atoms with Gasteiger partial charge in [-0.05, 0) is 48.7 Å². The highest BCUT2D eigenvalue weighted by Gasteiger charge is 2.30. The van der Waals surface area contributed by atoms with E-state index in [9.17, 15) is 18.0 Å². The molecule has 2 aromatic carbocycles. The standard InChI is InChI=1S/C22H25F3O3/c1-3-5-14-28-19-12-8-17(9-13-19)20(15-21(26)27-4-2)16-6-10-18(11-7-16)22(23,24)25/h6-13,20H,3-5,14-15H2,1-2H3. The minimum Gasteiger partial charge on any atom is -0.494 e. The van der Waals surface area contributed by atoms with Crippen molar-refractivity contribution < 1.29 is 27.4 Å². The minimum absolute atomic E-state index is 0.0508. The summed E-state index contributed by atoms with van der Waals surface area (Å²) in [6.45, 7) is 4.67. The number of hydrogen-bond acceptors (Lipinski definition) is 3. The van der Waals surface area contributed by atoms with Gasteiger partial charge in [0.25, 0.3) is 0 Å². The second-order valence-electron chi connectivity index (χ2n) is 6.45. The van der Waals surface area contributed by atoms with Gasteiger partial charge in [-0.1, -0.05) is 37.6 Å². The number of benzene rings is 2. The van der Waals surface area contributed by atoms with Crippen LogP contribution in [0, 0.1) is 0 Å². The smallest absolute Gasteiger partial charge is 0.416 e. The van der Waals surface area contributed by atoms with Gasteiger partial charge in [0.05, 0.1) is 25.2 Å².